The molecule has 1 aromatic heterocycles. The van der Waals surface area contributed by atoms with E-state index in [9.17, 15) is 9.90 Å². The van der Waals surface area contributed by atoms with Gasteiger partial charge in [0, 0.05) is 23.1 Å². The number of aromatic amines is 1. The topological polar surface area (TPSA) is 111 Å². The molecule has 0 spiro atoms. The van der Waals surface area contributed by atoms with Gasteiger partial charge in [-0.05, 0) is 47.9 Å². The number of H-pyrrole nitrogens is 1. The predicted octanol–water partition coefficient (Wildman–Crippen LogP) is 4.92. The van der Waals surface area contributed by atoms with Crippen LogP contribution in [-0.2, 0) is 10.3 Å². The lowest BCUT2D eigenvalue weighted by atomic mass is 9.68. The number of imidazole rings is 1. The van der Waals surface area contributed by atoms with Gasteiger partial charge in [-0.25, -0.2) is 4.98 Å². The number of carbonyl (C=O) groups is 1. The van der Waals surface area contributed by atoms with Crippen LogP contribution in [0, 0.1) is 28.6 Å². The second-order valence-electron chi connectivity index (χ2n) is 10.9. The monoisotopic (exact) mass is 472 g/mol. The summed E-state index contributed by atoms with van der Waals surface area (Å²) in [6.45, 7) is 8.60. The molecule has 7 nitrogen and oxygen atoms in total. The molecule has 3 heterocycles. The Morgan fingerprint density at radius 3 is 2.57 bits per heavy atom. The molecule has 3 unspecified atom stereocenters. The molecule has 1 saturated heterocycles. The van der Waals surface area contributed by atoms with Gasteiger partial charge in [-0.2, -0.15) is 5.26 Å². The van der Waals surface area contributed by atoms with Crippen LogP contribution in [0.1, 0.15) is 74.4 Å². The Labute approximate surface area is 205 Å². The first-order valence-electron chi connectivity index (χ1n) is 12.3. The van der Waals surface area contributed by atoms with Crippen molar-refractivity contribution in [2.75, 3.05) is 5.32 Å². The Bertz CT molecular complexity index is 1250. The lowest BCUT2D eigenvalue weighted by molar-refractivity contribution is -0.187. The van der Waals surface area contributed by atoms with E-state index in [1.165, 1.54) is 6.20 Å². The minimum atomic E-state index is -1.06. The second kappa shape index (κ2) is 8.47. The standard InChI is InChI=1S/C28H32N4O3/c1-16-23-7-8-24(35-23)17(2)28(16,34)19-5-6-22(32-26(33)25-30-15-20(14-29)31-25)21(13-19)18-9-11-27(3,4)12-10-18/h5-9,13,15-17,23-24,34H,10-12H2,1-4H3,(H,30,31)(H,32,33)/t16-,17+,23?,24?,28?. The minimum absolute atomic E-state index is 0.0864. The van der Waals surface area contributed by atoms with E-state index in [2.05, 4.69) is 47.4 Å². The highest BCUT2D eigenvalue weighted by Crippen LogP contribution is 2.50. The van der Waals surface area contributed by atoms with Gasteiger partial charge in [0.15, 0.2) is 5.82 Å². The number of hydrogen-bond acceptors (Lipinski definition) is 5. The van der Waals surface area contributed by atoms with E-state index in [1.807, 2.05) is 38.1 Å². The largest absolute Gasteiger partial charge is 0.384 e. The van der Waals surface area contributed by atoms with Crippen LogP contribution < -0.4 is 5.32 Å². The Morgan fingerprint density at radius 1 is 1.26 bits per heavy atom. The van der Waals surface area contributed by atoms with Crippen molar-refractivity contribution in [1.29, 1.82) is 5.26 Å². The van der Waals surface area contributed by atoms with Crippen molar-refractivity contribution in [3.63, 3.8) is 0 Å². The van der Waals surface area contributed by atoms with Gasteiger partial charge < -0.3 is 20.1 Å². The van der Waals surface area contributed by atoms with Crippen LogP contribution >= 0.6 is 0 Å². The van der Waals surface area contributed by atoms with Crippen LogP contribution in [0.15, 0.2) is 42.6 Å². The van der Waals surface area contributed by atoms with Crippen molar-refractivity contribution < 1.29 is 14.6 Å². The van der Waals surface area contributed by atoms with E-state index in [4.69, 9.17) is 10.00 Å². The zero-order chi connectivity index (χ0) is 25.0. The molecule has 3 aliphatic rings. The van der Waals surface area contributed by atoms with Crippen molar-refractivity contribution >= 4 is 17.2 Å². The molecule has 5 atom stereocenters. The molecule has 2 bridgehead atoms. The molecular formula is C28H32N4O3. The number of nitrogens with one attached hydrogen (secondary N) is 2. The fraction of sp³-hybridized carbons (Fsp3) is 0.464. The SMILES string of the molecule is C[C@@H]1C2C=CC(O2)[C@H](C)C1(O)c1ccc(NC(=O)c2ncc(C#N)[nH]2)c(C2=CCC(C)(C)CC2)c1. The lowest BCUT2D eigenvalue weighted by Crippen LogP contribution is -2.53. The number of ether oxygens (including phenoxy) is 1. The first-order chi connectivity index (χ1) is 16.6. The minimum Gasteiger partial charge on any atom is -0.384 e. The molecule has 2 aliphatic heterocycles. The Kier molecular flexibility index (Phi) is 5.70. The van der Waals surface area contributed by atoms with Crippen LogP contribution in [0.25, 0.3) is 5.57 Å². The number of rotatable bonds is 4. The summed E-state index contributed by atoms with van der Waals surface area (Å²) in [5.74, 6) is -0.561. The van der Waals surface area contributed by atoms with E-state index < -0.39 is 11.5 Å². The number of aromatic nitrogens is 2. The van der Waals surface area contributed by atoms with Crippen LogP contribution in [0.2, 0.25) is 0 Å². The van der Waals surface area contributed by atoms with E-state index in [-0.39, 0.29) is 41.0 Å². The average molecular weight is 473 g/mol. The molecule has 0 radical (unpaired) electrons. The van der Waals surface area contributed by atoms with Gasteiger partial charge in [0.25, 0.3) is 5.91 Å². The highest BCUT2D eigenvalue weighted by molar-refractivity contribution is 6.03. The molecular weight excluding hydrogens is 440 g/mol. The van der Waals surface area contributed by atoms with Crippen molar-refractivity contribution in [3.8, 4) is 6.07 Å². The van der Waals surface area contributed by atoms with Gasteiger partial charge in [-0.1, -0.05) is 52.0 Å². The summed E-state index contributed by atoms with van der Waals surface area (Å²) < 4.78 is 6.07. The molecule has 1 amide bonds. The third-order valence-electron chi connectivity index (χ3n) is 8.14. The summed E-state index contributed by atoms with van der Waals surface area (Å²) in [6.07, 6.45) is 10.4. The molecule has 1 fully saturated rings. The number of fused-ring (bicyclic) bond motifs is 2. The predicted molar refractivity (Wildman–Crippen MR) is 133 cm³/mol. The van der Waals surface area contributed by atoms with Crippen molar-refractivity contribution in [1.82, 2.24) is 9.97 Å². The average Bonchev–Trinajstić information content (AvgIpc) is 3.51. The maximum Gasteiger partial charge on any atom is 0.291 e. The smallest absolute Gasteiger partial charge is 0.291 e. The maximum atomic E-state index is 12.9. The molecule has 0 saturated carbocycles. The van der Waals surface area contributed by atoms with Crippen LogP contribution in [0.5, 0.6) is 0 Å². The van der Waals surface area contributed by atoms with Gasteiger partial charge in [0.2, 0.25) is 0 Å². The highest BCUT2D eigenvalue weighted by Gasteiger charge is 2.53. The first-order valence-corrected chi connectivity index (χ1v) is 12.3. The summed E-state index contributed by atoms with van der Waals surface area (Å²) in [4.78, 5) is 19.7. The Balaban J connectivity index is 1.55. The van der Waals surface area contributed by atoms with Crippen LogP contribution in [0.3, 0.4) is 0 Å². The van der Waals surface area contributed by atoms with Crippen LogP contribution in [0.4, 0.5) is 5.69 Å². The lowest BCUT2D eigenvalue weighted by Gasteiger charge is -2.47. The Hall–Kier alpha value is -3.21. The fourth-order valence-electron chi connectivity index (χ4n) is 5.67. The number of benzene rings is 1. The summed E-state index contributed by atoms with van der Waals surface area (Å²) in [5.41, 5.74) is 2.98. The second-order valence-corrected chi connectivity index (χ2v) is 10.9. The molecule has 3 N–H and O–H groups in total. The molecule has 7 heteroatoms. The molecule has 182 valence electrons. The third-order valence-corrected chi connectivity index (χ3v) is 8.14. The van der Waals surface area contributed by atoms with Gasteiger partial charge in [-0.15, -0.1) is 0 Å². The maximum absolute atomic E-state index is 12.9. The van der Waals surface area contributed by atoms with Crippen molar-refractivity contribution in [3.05, 3.63) is 65.3 Å². The highest BCUT2D eigenvalue weighted by atomic mass is 16.5. The van der Waals surface area contributed by atoms with Gasteiger partial charge in [-0.3, -0.25) is 4.79 Å². The molecule has 35 heavy (non-hydrogen) atoms. The van der Waals surface area contributed by atoms with E-state index >= 15 is 0 Å². The van der Waals surface area contributed by atoms with Crippen LogP contribution in [-0.4, -0.2) is 33.2 Å². The molecule has 1 aromatic carbocycles. The van der Waals surface area contributed by atoms with E-state index in [1.54, 1.807) is 0 Å². The molecule has 2 aromatic rings. The normalized spacial score (nSPS) is 31.0. The van der Waals surface area contributed by atoms with Crippen molar-refractivity contribution in [2.24, 2.45) is 17.3 Å². The zero-order valence-corrected chi connectivity index (χ0v) is 20.6. The zero-order valence-electron chi connectivity index (χ0n) is 20.6. The number of amides is 1. The number of aliphatic hydroxyl groups is 1. The fourth-order valence-corrected chi connectivity index (χ4v) is 5.67. The number of anilines is 1. The molecule has 5 rings (SSSR count). The number of carbonyl (C=O) groups excluding carboxylic acids is 1. The summed E-state index contributed by atoms with van der Waals surface area (Å²) in [6, 6.07) is 7.78. The summed E-state index contributed by atoms with van der Waals surface area (Å²) >= 11 is 0. The number of allylic oxidation sites excluding steroid dienone is 2. The summed E-state index contributed by atoms with van der Waals surface area (Å²) in [7, 11) is 0. The van der Waals surface area contributed by atoms with E-state index in [0.29, 0.717) is 5.69 Å². The quantitative estimate of drug-likeness (QED) is 0.547. The van der Waals surface area contributed by atoms with Gasteiger partial charge >= 0.3 is 0 Å². The van der Waals surface area contributed by atoms with Gasteiger partial charge in [0.05, 0.1) is 18.4 Å². The number of nitriles is 1. The number of nitrogens with zero attached hydrogens (tertiary/aromatic N) is 2. The van der Waals surface area contributed by atoms with E-state index in [0.717, 1.165) is 36.0 Å². The molecule has 1 aliphatic carbocycles. The van der Waals surface area contributed by atoms with Crippen molar-refractivity contribution in [2.45, 2.75) is 64.8 Å². The number of hydrogen-bond donors (Lipinski definition) is 3. The van der Waals surface area contributed by atoms with Gasteiger partial charge in [0.1, 0.15) is 17.4 Å². The first kappa shape index (κ1) is 23.5. The Morgan fingerprint density at radius 2 is 1.97 bits per heavy atom. The summed E-state index contributed by atoms with van der Waals surface area (Å²) in [5, 5.41) is 24.1. The third kappa shape index (κ3) is 4.01.